The number of hydrogen-bond donors (Lipinski definition) is 2. The number of hydrogen-bond acceptors (Lipinski definition) is 4. The van der Waals surface area contributed by atoms with Crippen molar-refractivity contribution < 1.29 is 19.0 Å². The normalized spacial score (nSPS) is 12.6. The molecule has 0 spiro atoms. The first-order chi connectivity index (χ1) is 8.65. The molecule has 0 saturated heterocycles. The van der Waals surface area contributed by atoms with Crippen molar-refractivity contribution in [2.75, 3.05) is 33.5 Å². The van der Waals surface area contributed by atoms with E-state index >= 15 is 0 Å². The fourth-order valence-electron chi connectivity index (χ4n) is 1.57. The highest BCUT2D eigenvalue weighted by atomic mass is 19.1. The van der Waals surface area contributed by atoms with E-state index in [9.17, 15) is 9.50 Å². The molecule has 0 fully saturated rings. The van der Waals surface area contributed by atoms with Crippen LogP contribution >= 0.6 is 0 Å². The van der Waals surface area contributed by atoms with Crippen LogP contribution in [-0.2, 0) is 9.47 Å². The highest BCUT2D eigenvalue weighted by Crippen LogP contribution is 2.24. The molecule has 0 aromatic heterocycles. The Morgan fingerprint density at radius 1 is 1.33 bits per heavy atom. The van der Waals surface area contributed by atoms with Crippen LogP contribution in [0, 0.1) is 5.82 Å². The quantitative estimate of drug-likeness (QED) is 0.698. The standard InChI is InChI=1S/C13H20FNO3/c1-10(15-5-6-18-8-7-17-2)12-9-11(14)3-4-13(12)16/h3-4,9-10,15-16H,5-8H2,1-2H3. The summed E-state index contributed by atoms with van der Waals surface area (Å²) in [6, 6.07) is 3.79. The van der Waals surface area contributed by atoms with Gasteiger partial charge < -0.3 is 19.9 Å². The van der Waals surface area contributed by atoms with Gasteiger partial charge in [-0.3, -0.25) is 0 Å². The third-order valence-electron chi connectivity index (χ3n) is 2.58. The van der Waals surface area contributed by atoms with Gasteiger partial charge in [-0.25, -0.2) is 4.39 Å². The molecule has 0 aliphatic carbocycles. The average molecular weight is 257 g/mol. The largest absolute Gasteiger partial charge is 0.508 e. The van der Waals surface area contributed by atoms with Crippen LogP contribution < -0.4 is 5.32 Å². The molecular formula is C13H20FNO3. The predicted octanol–water partition coefficient (Wildman–Crippen LogP) is 1.84. The summed E-state index contributed by atoms with van der Waals surface area (Å²) >= 11 is 0. The maximum absolute atomic E-state index is 13.1. The Morgan fingerprint density at radius 2 is 2.11 bits per heavy atom. The molecule has 1 aromatic carbocycles. The van der Waals surface area contributed by atoms with Gasteiger partial charge in [0.1, 0.15) is 11.6 Å². The zero-order chi connectivity index (χ0) is 13.4. The Morgan fingerprint density at radius 3 is 2.83 bits per heavy atom. The van der Waals surface area contributed by atoms with E-state index < -0.39 is 0 Å². The van der Waals surface area contributed by atoms with E-state index in [4.69, 9.17) is 9.47 Å². The molecule has 1 rings (SSSR count). The number of aromatic hydroxyl groups is 1. The molecular weight excluding hydrogens is 237 g/mol. The lowest BCUT2D eigenvalue weighted by Crippen LogP contribution is -2.24. The third kappa shape index (κ3) is 5.00. The Balaban J connectivity index is 2.31. The van der Waals surface area contributed by atoms with E-state index in [0.29, 0.717) is 31.9 Å². The molecule has 4 nitrogen and oxygen atoms in total. The summed E-state index contributed by atoms with van der Waals surface area (Å²) in [6.45, 7) is 4.16. The van der Waals surface area contributed by atoms with Gasteiger partial charge in [0.25, 0.3) is 0 Å². The molecule has 0 heterocycles. The van der Waals surface area contributed by atoms with Crippen LogP contribution in [0.15, 0.2) is 18.2 Å². The Labute approximate surface area is 107 Å². The minimum atomic E-state index is -0.354. The number of benzene rings is 1. The van der Waals surface area contributed by atoms with Crippen molar-refractivity contribution in [2.24, 2.45) is 0 Å². The molecule has 1 aromatic rings. The number of phenols is 1. The molecule has 1 unspecified atom stereocenters. The van der Waals surface area contributed by atoms with Gasteiger partial charge in [-0.05, 0) is 25.1 Å². The molecule has 1 atom stereocenters. The highest BCUT2D eigenvalue weighted by Gasteiger charge is 2.10. The number of nitrogens with one attached hydrogen (secondary N) is 1. The molecule has 2 N–H and O–H groups in total. The van der Waals surface area contributed by atoms with Crippen molar-refractivity contribution >= 4 is 0 Å². The van der Waals surface area contributed by atoms with Gasteiger partial charge in [-0.1, -0.05) is 0 Å². The van der Waals surface area contributed by atoms with Crippen LogP contribution in [0.5, 0.6) is 5.75 Å². The predicted molar refractivity (Wildman–Crippen MR) is 67.2 cm³/mol. The topological polar surface area (TPSA) is 50.7 Å². The lowest BCUT2D eigenvalue weighted by molar-refractivity contribution is 0.0712. The van der Waals surface area contributed by atoms with Crippen molar-refractivity contribution in [1.29, 1.82) is 0 Å². The molecule has 0 saturated carbocycles. The van der Waals surface area contributed by atoms with Crippen LogP contribution in [0.1, 0.15) is 18.5 Å². The summed E-state index contributed by atoms with van der Waals surface area (Å²) in [5.74, 6) is -0.260. The van der Waals surface area contributed by atoms with Gasteiger partial charge in [0.15, 0.2) is 0 Å². The zero-order valence-electron chi connectivity index (χ0n) is 10.8. The van der Waals surface area contributed by atoms with Gasteiger partial charge in [0.2, 0.25) is 0 Å². The monoisotopic (exact) mass is 257 g/mol. The van der Waals surface area contributed by atoms with E-state index in [0.717, 1.165) is 0 Å². The fourth-order valence-corrected chi connectivity index (χ4v) is 1.57. The number of phenolic OH excluding ortho intramolecular Hbond substituents is 1. The maximum atomic E-state index is 13.1. The summed E-state index contributed by atoms with van der Waals surface area (Å²) in [4.78, 5) is 0. The smallest absolute Gasteiger partial charge is 0.123 e. The van der Waals surface area contributed by atoms with Crippen LogP contribution in [-0.4, -0.2) is 38.6 Å². The summed E-state index contributed by atoms with van der Waals surface area (Å²) in [5.41, 5.74) is 0.548. The van der Waals surface area contributed by atoms with Gasteiger partial charge in [-0.15, -0.1) is 0 Å². The molecule has 0 aliphatic heterocycles. The third-order valence-corrected chi connectivity index (χ3v) is 2.58. The SMILES string of the molecule is COCCOCCNC(C)c1cc(F)ccc1O. The van der Waals surface area contributed by atoms with Crippen LogP contribution in [0.3, 0.4) is 0 Å². The Bertz CT molecular complexity index is 360. The zero-order valence-corrected chi connectivity index (χ0v) is 10.8. The van der Waals surface area contributed by atoms with Crippen LogP contribution in [0.4, 0.5) is 4.39 Å². The van der Waals surface area contributed by atoms with E-state index in [1.807, 2.05) is 6.92 Å². The van der Waals surface area contributed by atoms with E-state index in [2.05, 4.69) is 5.32 Å². The minimum Gasteiger partial charge on any atom is -0.508 e. The van der Waals surface area contributed by atoms with Gasteiger partial charge in [0, 0.05) is 25.3 Å². The summed E-state index contributed by atoms with van der Waals surface area (Å²) in [6.07, 6.45) is 0. The number of rotatable bonds is 8. The first-order valence-corrected chi connectivity index (χ1v) is 5.93. The summed E-state index contributed by atoms with van der Waals surface area (Å²) < 4.78 is 23.2. The number of halogens is 1. The van der Waals surface area contributed by atoms with E-state index in [1.54, 1.807) is 7.11 Å². The van der Waals surface area contributed by atoms with Crippen molar-refractivity contribution in [1.82, 2.24) is 5.32 Å². The van der Waals surface area contributed by atoms with E-state index in [-0.39, 0.29) is 17.6 Å². The second-order valence-electron chi connectivity index (χ2n) is 3.98. The first-order valence-electron chi connectivity index (χ1n) is 5.93. The van der Waals surface area contributed by atoms with E-state index in [1.165, 1.54) is 18.2 Å². The average Bonchev–Trinajstić information content (AvgIpc) is 2.36. The molecule has 5 heteroatoms. The second-order valence-corrected chi connectivity index (χ2v) is 3.98. The summed E-state index contributed by atoms with van der Waals surface area (Å²) in [5, 5.41) is 12.8. The lowest BCUT2D eigenvalue weighted by Gasteiger charge is -2.15. The fraction of sp³-hybridized carbons (Fsp3) is 0.538. The van der Waals surface area contributed by atoms with Crippen molar-refractivity contribution in [3.8, 4) is 5.75 Å². The molecule has 0 amide bonds. The molecule has 102 valence electrons. The van der Waals surface area contributed by atoms with Crippen molar-refractivity contribution in [3.05, 3.63) is 29.6 Å². The lowest BCUT2D eigenvalue weighted by atomic mass is 10.1. The van der Waals surface area contributed by atoms with Gasteiger partial charge in [0.05, 0.1) is 19.8 Å². The minimum absolute atomic E-state index is 0.0942. The number of methoxy groups -OCH3 is 1. The highest BCUT2D eigenvalue weighted by molar-refractivity contribution is 5.34. The first kappa shape index (κ1) is 14.9. The Kier molecular flexibility index (Phi) is 6.64. The molecule has 18 heavy (non-hydrogen) atoms. The van der Waals surface area contributed by atoms with Gasteiger partial charge in [-0.2, -0.15) is 0 Å². The van der Waals surface area contributed by atoms with Crippen LogP contribution in [0.2, 0.25) is 0 Å². The molecule has 0 aliphatic rings. The maximum Gasteiger partial charge on any atom is 0.123 e. The second kappa shape index (κ2) is 8.02. The Hall–Kier alpha value is -1.17. The summed E-state index contributed by atoms with van der Waals surface area (Å²) in [7, 11) is 1.62. The molecule has 0 radical (unpaired) electrons. The molecule has 0 bridgehead atoms. The van der Waals surface area contributed by atoms with Crippen LogP contribution in [0.25, 0.3) is 0 Å². The van der Waals surface area contributed by atoms with Crippen molar-refractivity contribution in [3.63, 3.8) is 0 Å². The number of ether oxygens (including phenoxy) is 2. The van der Waals surface area contributed by atoms with Gasteiger partial charge >= 0.3 is 0 Å². The van der Waals surface area contributed by atoms with Crippen molar-refractivity contribution in [2.45, 2.75) is 13.0 Å².